The lowest BCUT2D eigenvalue weighted by molar-refractivity contribution is -0.385. The molecule has 1 aromatic carbocycles. The zero-order valence-corrected chi connectivity index (χ0v) is 8.01. The van der Waals surface area contributed by atoms with Gasteiger partial charge in [0.15, 0.2) is 0 Å². The number of nitro benzene ring substituents is 1. The van der Waals surface area contributed by atoms with Crippen molar-refractivity contribution in [2.75, 3.05) is 5.73 Å². The van der Waals surface area contributed by atoms with Crippen LogP contribution >= 0.6 is 0 Å². The van der Waals surface area contributed by atoms with E-state index in [4.69, 9.17) is 16.1 Å². The number of nitrogens with two attached hydrogens (primary N) is 1. The van der Waals surface area contributed by atoms with Crippen LogP contribution in [-0.4, -0.2) is 16.0 Å². The number of carboxylic acids is 1. The summed E-state index contributed by atoms with van der Waals surface area (Å²) in [5.74, 6) is -1.12. The summed E-state index contributed by atoms with van der Waals surface area (Å²) in [7, 11) is 0. The van der Waals surface area contributed by atoms with Gasteiger partial charge in [-0.3, -0.25) is 14.9 Å². The monoisotopic (exact) mass is 221 g/mol. The minimum Gasteiger partial charge on any atom is -0.481 e. The Bertz CT molecular complexity index is 504. The zero-order chi connectivity index (χ0) is 12.3. The topological polar surface area (TPSA) is 130 Å². The molecular weight excluding hydrogens is 214 g/mol. The predicted molar refractivity (Wildman–Crippen MR) is 53.6 cm³/mol. The summed E-state index contributed by atoms with van der Waals surface area (Å²) in [5.41, 5.74) is 5.02. The molecule has 0 radical (unpaired) electrons. The highest BCUT2D eigenvalue weighted by Crippen LogP contribution is 2.25. The van der Waals surface area contributed by atoms with Crippen molar-refractivity contribution >= 4 is 17.3 Å². The van der Waals surface area contributed by atoms with Gasteiger partial charge in [0, 0.05) is 11.8 Å². The molecule has 0 bridgehead atoms. The van der Waals surface area contributed by atoms with E-state index in [-0.39, 0.29) is 23.2 Å². The summed E-state index contributed by atoms with van der Waals surface area (Å²) in [4.78, 5) is 20.3. The predicted octanol–water partition coefficient (Wildman–Crippen LogP) is 0.676. The quantitative estimate of drug-likeness (QED) is 0.438. The van der Waals surface area contributed by atoms with Crippen molar-refractivity contribution in [1.82, 2.24) is 0 Å². The Morgan fingerprint density at radius 2 is 2.25 bits per heavy atom. The number of carbonyl (C=O) groups is 1. The molecule has 0 fully saturated rings. The molecule has 7 nitrogen and oxygen atoms in total. The number of hydrogen-bond acceptors (Lipinski definition) is 5. The molecule has 82 valence electrons. The van der Waals surface area contributed by atoms with Gasteiger partial charge in [-0.1, -0.05) is 0 Å². The van der Waals surface area contributed by atoms with Crippen LogP contribution in [0.4, 0.5) is 11.4 Å². The molecule has 0 atom stereocenters. The summed E-state index contributed by atoms with van der Waals surface area (Å²) < 4.78 is 0. The second-order valence-corrected chi connectivity index (χ2v) is 3.01. The van der Waals surface area contributed by atoms with Crippen LogP contribution < -0.4 is 5.73 Å². The zero-order valence-electron chi connectivity index (χ0n) is 8.01. The van der Waals surface area contributed by atoms with E-state index in [2.05, 4.69) is 0 Å². The molecule has 0 aliphatic rings. The highest BCUT2D eigenvalue weighted by atomic mass is 16.6. The molecule has 0 spiro atoms. The Hall–Kier alpha value is -2.62. The lowest BCUT2D eigenvalue weighted by atomic mass is 10.0. The molecule has 3 N–H and O–H groups in total. The summed E-state index contributed by atoms with van der Waals surface area (Å²) in [5, 5.41) is 27.8. The Morgan fingerprint density at radius 1 is 1.62 bits per heavy atom. The fraction of sp³-hybridized carbons (Fsp3) is 0.111. The van der Waals surface area contributed by atoms with Crippen molar-refractivity contribution in [3.63, 3.8) is 0 Å². The SMILES string of the molecule is N#Cc1cc(CC(=O)O)c(N)cc1[N+](=O)[O-]. The van der Waals surface area contributed by atoms with Crippen LogP contribution in [-0.2, 0) is 11.2 Å². The molecule has 0 unspecified atom stereocenters. The Kier molecular flexibility index (Phi) is 3.06. The van der Waals surface area contributed by atoms with Crippen molar-refractivity contribution < 1.29 is 14.8 Å². The van der Waals surface area contributed by atoms with Crippen LogP contribution in [0.3, 0.4) is 0 Å². The van der Waals surface area contributed by atoms with Gasteiger partial charge in [0.05, 0.1) is 11.3 Å². The standard InChI is InChI=1S/C9H7N3O4/c10-4-6-1-5(2-9(13)14)7(11)3-8(6)12(15)16/h1,3H,2,11H2,(H,13,14). The number of anilines is 1. The molecule has 1 rings (SSSR count). The van der Waals surface area contributed by atoms with Crippen molar-refractivity contribution in [2.45, 2.75) is 6.42 Å². The van der Waals surface area contributed by atoms with Crippen LogP contribution in [0.15, 0.2) is 12.1 Å². The number of carboxylic acid groups (broad SMARTS) is 1. The van der Waals surface area contributed by atoms with Gasteiger partial charge in [0.2, 0.25) is 0 Å². The first-order valence-corrected chi connectivity index (χ1v) is 4.14. The maximum Gasteiger partial charge on any atom is 0.307 e. The van der Waals surface area contributed by atoms with Gasteiger partial charge in [-0.15, -0.1) is 0 Å². The third-order valence-corrected chi connectivity index (χ3v) is 1.92. The van der Waals surface area contributed by atoms with E-state index in [0.29, 0.717) is 0 Å². The average Bonchev–Trinajstić information content (AvgIpc) is 2.19. The van der Waals surface area contributed by atoms with Crippen molar-refractivity contribution in [3.8, 4) is 6.07 Å². The van der Waals surface area contributed by atoms with Crippen LogP contribution in [0.5, 0.6) is 0 Å². The highest BCUT2D eigenvalue weighted by molar-refractivity contribution is 5.74. The normalized spacial score (nSPS) is 9.44. The lowest BCUT2D eigenvalue weighted by Gasteiger charge is -2.03. The molecular formula is C9H7N3O4. The molecule has 0 aliphatic heterocycles. The van der Waals surface area contributed by atoms with E-state index in [1.807, 2.05) is 0 Å². The van der Waals surface area contributed by atoms with Crippen LogP contribution in [0.1, 0.15) is 11.1 Å². The van der Waals surface area contributed by atoms with E-state index >= 15 is 0 Å². The Balaban J connectivity index is 3.32. The van der Waals surface area contributed by atoms with E-state index in [1.54, 1.807) is 6.07 Å². The first kappa shape index (κ1) is 11.5. The summed E-state index contributed by atoms with van der Waals surface area (Å²) in [6, 6.07) is 3.75. The smallest absolute Gasteiger partial charge is 0.307 e. The molecule has 1 aromatic rings. The fourth-order valence-corrected chi connectivity index (χ4v) is 1.21. The first-order valence-electron chi connectivity index (χ1n) is 4.14. The van der Waals surface area contributed by atoms with Crippen LogP contribution in [0.25, 0.3) is 0 Å². The lowest BCUT2D eigenvalue weighted by Crippen LogP contribution is -2.05. The Morgan fingerprint density at radius 3 is 2.69 bits per heavy atom. The van der Waals surface area contributed by atoms with Crippen LogP contribution in [0, 0.1) is 21.4 Å². The van der Waals surface area contributed by atoms with Crippen molar-refractivity contribution in [1.29, 1.82) is 5.26 Å². The maximum atomic E-state index is 10.5. The second kappa shape index (κ2) is 4.27. The second-order valence-electron chi connectivity index (χ2n) is 3.01. The molecule has 0 saturated carbocycles. The summed E-state index contributed by atoms with van der Waals surface area (Å²) >= 11 is 0. The first-order chi connectivity index (χ1) is 7.45. The Labute approximate surface area is 89.9 Å². The highest BCUT2D eigenvalue weighted by Gasteiger charge is 2.17. The van der Waals surface area contributed by atoms with E-state index < -0.39 is 16.6 Å². The van der Waals surface area contributed by atoms with Gasteiger partial charge in [0.25, 0.3) is 5.69 Å². The average molecular weight is 221 g/mol. The fourth-order valence-electron chi connectivity index (χ4n) is 1.21. The number of nitriles is 1. The van der Waals surface area contributed by atoms with Gasteiger partial charge in [-0.25, -0.2) is 0 Å². The van der Waals surface area contributed by atoms with E-state index in [0.717, 1.165) is 12.1 Å². The molecule has 7 heteroatoms. The number of benzene rings is 1. The number of nitro groups is 1. The summed E-state index contributed by atoms with van der Waals surface area (Å²) in [6.45, 7) is 0. The maximum absolute atomic E-state index is 10.5. The summed E-state index contributed by atoms with van der Waals surface area (Å²) in [6.07, 6.45) is -0.376. The van der Waals surface area contributed by atoms with Crippen molar-refractivity contribution in [2.24, 2.45) is 0 Å². The molecule has 0 aliphatic carbocycles. The van der Waals surface area contributed by atoms with Gasteiger partial charge < -0.3 is 10.8 Å². The number of nitrogen functional groups attached to an aromatic ring is 1. The number of rotatable bonds is 3. The molecule has 0 saturated heterocycles. The number of nitrogens with zero attached hydrogens (tertiary/aromatic N) is 2. The van der Waals surface area contributed by atoms with E-state index in [1.165, 1.54) is 0 Å². The molecule has 0 aromatic heterocycles. The third kappa shape index (κ3) is 2.24. The van der Waals surface area contributed by atoms with Crippen LogP contribution in [0.2, 0.25) is 0 Å². The largest absolute Gasteiger partial charge is 0.481 e. The van der Waals surface area contributed by atoms with Gasteiger partial charge >= 0.3 is 5.97 Å². The van der Waals surface area contributed by atoms with Gasteiger partial charge in [-0.05, 0) is 11.6 Å². The number of aliphatic carboxylic acids is 1. The van der Waals surface area contributed by atoms with E-state index in [9.17, 15) is 14.9 Å². The number of hydrogen-bond donors (Lipinski definition) is 2. The van der Waals surface area contributed by atoms with Crippen molar-refractivity contribution in [3.05, 3.63) is 33.4 Å². The minimum absolute atomic E-state index is 0.00639. The van der Waals surface area contributed by atoms with Gasteiger partial charge in [-0.2, -0.15) is 5.26 Å². The molecule has 0 heterocycles. The molecule has 16 heavy (non-hydrogen) atoms. The van der Waals surface area contributed by atoms with Gasteiger partial charge in [0.1, 0.15) is 11.6 Å². The third-order valence-electron chi connectivity index (χ3n) is 1.92. The molecule has 0 amide bonds. The minimum atomic E-state index is -1.12.